The van der Waals surface area contributed by atoms with Crippen LogP contribution in [0, 0.1) is 0 Å². The van der Waals surface area contributed by atoms with Crippen LogP contribution in [0.25, 0.3) is 0 Å². The number of rotatable bonds is 3. The third kappa shape index (κ3) is 2.94. The molecular formula is C13H26N2. The molecule has 2 aliphatic heterocycles. The fraction of sp³-hybridized carbons (Fsp3) is 1.00. The van der Waals surface area contributed by atoms with E-state index in [0.717, 1.165) is 6.04 Å². The second-order valence-corrected chi connectivity index (χ2v) is 5.37. The first-order valence-corrected chi connectivity index (χ1v) is 6.83. The highest BCUT2D eigenvalue weighted by Crippen LogP contribution is 2.29. The monoisotopic (exact) mass is 210 g/mol. The summed E-state index contributed by atoms with van der Waals surface area (Å²) >= 11 is 0. The Kier molecular flexibility index (Phi) is 4.04. The smallest absolute Gasteiger partial charge is 0.0193 e. The van der Waals surface area contributed by atoms with E-state index >= 15 is 0 Å². The molecule has 2 unspecified atom stereocenters. The highest BCUT2D eigenvalue weighted by Gasteiger charge is 2.32. The predicted molar refractivity (Wildman–Crippen MR) is 65.1 cm³/mol. The van der Waals surface area contributed by atoms with Crippen LogP contribution >= 0.6 is 0 Å². The molecule has 0 aliphatic carbocycles. The van der Waals surface area contributed by atoms with Crippen LogP contribution in [-0.4, -0.2) is 24.7 Å². The molecule has 0 saturated carbocycles. The van der Waals surface area contributed by atoms with Gasteiger partial charge in [0.2, 0.25) is 0 Å². The van der Waals surface area contributed by atoms with Crippen LogP contribution < -0.4 is 10.6 Å². The molecule has 0 aromatic heterocycles. The van der Waals surface area contributed by atoms with E-state index in [2.05, 4.69) is 17.6 Å². The zero-order valence-corrected chi connectivity index (χ0v) is 10.1. The van der Waals surface area contributed by atoms with Crippen molar-refractivity contribution in [1.29, 1.82) is 0 Å². The Morgan fingerprint density at radius 1 is 1.13 bits per heavy atom. The summed E-state index contributed by atoms with van der Waals surface area (Å²) in [6, 6.07) is 0.782. The summed E-state index contributed by atoms with van der Waals surface area (Å²) in [5, 5.41) is 7.48. The largest absolute Gasteiger partial charge is 0.314 e. The Hall–Kier alpha value is -0.0800. The normalized spacial score (nSPS) is 37.8. The zero-order valence-electron chi connectivity index (χ0n) is 10.1. The van der Waals surface area contributed by atoms with Gasteiger partial charge in [-0.05, 0) is 51.6 Å². The molecule has 0 spiro atoms. The third-order valence-corrected chi connectivity index (χ3v) is 4.31. The minimum Gasteiger partial charge on any atom is -0.314 e. The second kappa shape index (κ2) is 5.31. The van der Waals surface area contributed by atoms with E-state index in [1.54, 1.807) is 0 Å². The van der Waals surface area contributed by atoms with Gasteiger partial charge in [0, 0.05) is 11.6 Å². The van der Waals surface area contributed by atoms with Crippen LogP contribution in [0.5, 0.6) is 0 Å². The molecule has 0 amide bonds. The molecule has 2 saturated heterocycles. The lowest BCUT2D eigenvalue weighted by Gasteiger charge is -2.41. The standard InChI is InChI=1S/C13H26N2/c1-2-13(8-4-6-10-15-13)11-12-7-3-5-9-14-12/h12,14-15H,2-11H2,1H3. The highest BCUT2D eigenvalue weighted by atomic mass is 15.0. The van der Waals surface area contributed by atoms with Crippen molar-refractivity contribution in [2.24, 2.45) is 0 Å². The van der Waals surface area contributed by atoms with E-state index in [4.69, 9.17) is 0 Å². The minimum absolute atomic E-state index is 0.466. The van der Waals surface area contributed by atoms with Crippen molar-refractivity contribution in [1.82, 2.24) is 10.6 Å². The van der Waals surface area contributed by atoms with E-state index in [0.29, 0.717) is 5.54 Å². The summed E-state index contributed by atoms with van der Waals surface area (Å²) in [4.78, 5) is 0. The fourth-order valence-electron chi connectivity index (χ4n) is 3.22. The number of nitrogens with one attached hydrogen (secondary N) is 2. The van der Waals surface area contributed by atoms with Crippen LogP contribution in [-0.2, 0) is 0 Å². The molecule has 0 bridgehead atoms. The van der Waals surface area contributed by atoms with Crippen molar-refractivity contribution in [2.75, 3.05) is 13.1 Å². The van der Waals surface area contributed by atoms with E-state index in [1.165, 1.54) is 64.5 Å². The predicted octanol–water partition coefficient (Wildman–Crippen LogP) is 2.44. The van der Waals surface area contributed by atoms with E-state index in [1.807, 2.05) is 0 Å². The lowest BCUT2D eigenvalue weighted by atomic mass is 9.79. The quantitative estimate of drug-likeness (QED) is 0.747. The first kappa shape index (κ1) is 11.4. The van der Waals surface area contributed by atoms with Crippen molar-refractivity contribution in [3.8, 4) is 0 Å². The van der Waals surface area contributed by atoms with Crippen LogP contribution in [0.3, 0.4) is 0 Å². The third-order valence-electron chi connectivity index (χ3n) is 4.31. The molecule has 0 radical (unpaired) electrons. The number of hydrogen-bond acceptors (Lipinski definition) is 2. The Bertz CT molecular complexity index is 179. The SMILES string of the molecule is CCC1(CC2CCCCN2)CCCCN1. The van der Waals surface area contributed by atoms with Gasteiger partial charge in [-0.1, -0.05) is 19.8 Å². The van der Waals surface area contributed by atoms with Gasteiger partial charge in [-0.3, -0.25) is 0 Å². The van der Waals surface area contributed by atoms with Crippen molar-refractivity contribution >= 4 is 0 Å². The molecule has 2 N–H and O–H groups in total. The van der Waals surface area contributed by atoms with Crippen LogP contribution in [0.1, 0.15) is 58.3 Å². The molecule has 88 valence electrons. The summed E-state index contributed by atoms with van der Waals surface area (Å²) in [7, 11) is 0. The Labute approximate surface area is 94.2 Å². The molecular weight excluding hydrogens is 184 g/mol. The first-order valence-electron chi connectivity index (χ1n) is 6.83. The molecule has 2 nitrogen and oxygen atoms in total. The molecule has 2 aliphatic rings. The molecule has 2 rings (SSSR count). The maximum Gasteiger partial charge on any atom is 0.0193 e. The lowest BCUT2D eigenvalue weighted by molar-refractivity contribution is 0.192. The first-order chi connectivity index (χ1) is 7.35. The Morgan fingerprint density at radius 2 is 2.00 bits per heavy atom. The second-order valence-electron chi connectivity index (χ2n) is 5.37. The molecule has 2 atom stereocenters. The van der Waals surface area contributed by atoms with Crippen molar-refractivity contribution in [3.63, 3.8) is 0 Å². The van der Waals surface area contributed by atoms with Gasteiger partial charge in [0.1, 0.15) is 0 Å². The maximum absolute atomic E-state index is 3.79. The van der Waals surface area contributed by atoms with Gasteiger partial charge < -0.3 is 10.6 Å². The van der Waals surface area contributed by atoms with Crippen LogP contribution in [0.15, 0.2) is 0 Å². The summed E-state index contributed by atoms with van der Waals surface area (Å²) in [6.45, 7) is 4.83. The van der Waals surface area contributed by atoms with Gasteiger partial charge in [-0.15, -0.1) is 0 Å². The Balaban J connectivity index is 1.87. The van der Waals surface area contributed by atoms with Gasteiger partial charge in [0.25, 0.3) is 0 Å². The topological polar surface area (TPSA) is 24.1 Å². The van der Waals surface area contributed by atoms with Gasteiger partial charge >= 0.3 is 0 Å². The van der Waals surface area contributed by atoms with Crippen molar-refractivity contribution in [3.05, 3.63) is 0 Å². The Morgan fingerprint density at radius 3 is 2.60 bits per heavy atom. The summed E-state index contributed by atoms with van der Waals surface area (Å²) < 4.78 is 0. The maximum atomic E-state index is 3.79. The zero-order chi connectivity index (χ0) is 10.6. The molecule has 0 aromatic carbocycles. The van der Waals surface area contributed by atoms with Crippen LogP contribution in [0.2, 0.25) is 0 Å². The van der Waals surface area contributed by atoms with Gasteiger partial charge in [-0.2, -0.15) is 0 Å². The van der Waals surface area contributed by atoms with E-state index < -0.39 is 0 Å². The summed E-state index contributed by atoms with van der Waals surface area (Å²) in [6.07, 6.45) is 11.0. The van der Waals surface area contributed by atoms with Crippen LogP contribution in [0.4, 0.5) is 0 Å². The molecule has 2 fully saturated rings. The molecule has 2 heteroatoms. The van der Waals surface area contributed by atoms with Crippen molar-refractivity contribution < 1.29 is 0 Å². The van der Waals surface area contributed by atoms with Gasteiger partial charge in [0.05, 0.1) is 0 Å². The lowest BCUT2D eigenvalue weighted by Crippen LogP contribution is -2.52. The van der Waals surface area contributed by atoms with Crippen molar-refractivity contribution in [2.45, 2.75) is 69.9 Å². The average molecular weight is 210 g/mol. The minimum atomic E-state index is 0.466. The summed E-state index contributed by atoms with van der Waals surface area (Å²) in [5.74, 6) is 0. The van der Waals surface area contributed by atoms with E-state index in [-0.39, 0.29) is 0 Å². The molecule has 0 aromatic rings. The van der Waals surface area contributed by atoms with Gasteiger partial charge in [-0.25, -0.2) is 0 Å². The fourth-order valence-corrected chi connectivity index (χ4v) is 3.22. The number of hydrogen-bond donors (Lipinski definition) is 2. The van der Waals surface area contributed by atoms with Gasteiger partial charge in [0.15, 0.2) is 0 Å². The molecule has 15 heavy (non-hydrogen) atoms. The molecule has 2 heterocycles. The summed E-state index contributed by atoms with van der Waals surface area (Å²) in [5.41, 5.74) is 0.466. The highest BCUT2D eigenvalue weighted by molar-refractivity contribution is 4.94. The average Bonchev–Trinajstić information content (AvgIpc) is 2.32. The van der Waals surface area contributed by atoms with E-state index in [9.17, 15) is 0 Å². The number of piperidine rings is 2.